The molecule has 2 N–H and O–H groups in total. The monoisotopic (exact) mass is 491 g/mol. The van der Waals surface area contributed by atoms with Gasteiger partial charge in [0.2, 0.25) is 5.91 Å². The average molecular weight is 492 g/mol. The van der Waals surface area contributed by atoms with E-state index in [2.05, 4.69) is 20.5 Å². The average Bonchev–Trinajstić information content (AvgIpc) is 3.22. The summed E-state index contributed by atoms with van der Waals surface area (Å²) in [7, 11) is 1.66. The van der Waals surface area contributed by atoms with Crippen LogP contribution in [0.2, 0.25) is 0 Å². The van der Waals surface area contributed by atoms with Crippen molar-refractivity contribution in [1.82, 2.24) is 9.88 Å². The van der Waals surface area contributed by atoms with Gasteiger partial charge in [0.1, 0.15) is 11.9 Å². The second-order valence-corrected chi connectivity index (χ2v) is 9.95. The molecule has 2 aromatic carbocycles. The molecule has 2 saturated heterocycles. The number of fused-ring (bicyclic) bond motifs is 2. The first-order valence-corrected chi connectivity index (χ1v) is 12.5. The van der Waals surface area contributed by atoms with Crippen LogP contribution < -0.4 is 20.3 Å². The fourth-order valence-electron chi connectivity index (χ4n) is 4.76. The Labute approximate surface area is 206 Å². The molecule has 1 atom stereocenters. The van der Waals surface area contributed by atoms with Crippen molar-refractivity contribution in [2.75, 3.05) is 54.6 Å². The highest BCUT2D eigenvalue weighted by Gasteiger charge is 2.37. The molecule has 180 valence electrons. The van der Waals surface area contributed by atoms with E-state index < -0.39 is 0 Å². The van der Waals surface area contributed by atoms with E-state index in [0.717, 1.165) is 51.7 Å². The van der Waals surface area contributed by atoms with E-state index in [0.29, 0.717) is 24.9 Å². The minimum atomic E-state index is -0.350. The molecule has 9 nitrogen and oxygen atoms in total. The molecule has 0 aliphatic carbocycles. The number of thioether (sulfide) groups is 1. The fourth-order valence-corrected chi connectivity index (χ4v) is 5.55. The predicted molar refractivity (Wildman–Crippen MR) is 136 cm³/mol. The van der Waals surface area contributed by atoms with Gasteiger partial charge in [-0.25, -0.2) is 4.79 Å². The maximum Gasteiger partial charge on any atom is 0.414 e. The van der Waals surface area contributed by atoms with Crippen molar-refractivity contribution in [3.05, 3.63) is 48.7 Å². The van der Waals surface area contributed by atoms with E-state index in [1.807, 2.05) is 48.7 Å². The summed E-state index contributed by atoms with van der Waals surface area (Å²) in [5.41, 5.74) is 3.44. The maximum atomic E-state index is 12.6. The molecule has 0 radical (unpaired) electrons. The van der Waals surface area contributed by atoms with Crippen LogP contribution in [0.5, 0.6) is 5.75 Å². The summed E-state index contributed by atoms with van der Waals surface area (Å²) in [5, 5.41) is 7.52. The lowest BCUT2D eigenvalue weighted by Gasteiger charge is -2.41. The number of anilines is 3. The maximum absolute atomic E-state index is 12.6. The van der Waals surface area contributed by atoms with Crippen molar-refractivity contribution in [2.24, 2.45) is 0 Å². The molecule has 1 aromatic heterocycles. The van der Waals surface area contributed by atoms with Gasteiger partial charge < -0.3 is 20.1 Å². The van der Waals surface area contributed by atoms with Crippen LogP contribution in [0.25, 0.3) is 10.9 Å². The van der Waals surface area contributed by atoms with Gasteiger partial charge in [-0.1, -0.05) is 0 Å². The normalized spacial score (nSPS) is 20.3. The van der Waals surface area contributed by atoms with Crippen molar-refractivity contribution < 1.29 is 19.1 Å². The number of ether oxygens (including phenoxy) is 2. The minimum absolute atomic E-state index is 0.0265. The summed E-state index contributed by atoms with van der Waals surface area (Å²) in [6, 6.07) is 13.9. The quantitative estimate of drug-likeness (QED) is 0.542. The Hall–Kier alpha value is -3.50. The third kappa shape index (κ3) is 4.35. The van der Waals surface area contributed by atoms with Crippen LogP contribution in [0, 0.1) is 0 Å². The number of pyridine rings is 1. The predicted octanol–water partition coefficient (Wildman–Crippen LogP) is 3.41. The highest BCUT2D eigenvalue weighted by Crippen LogP contribution is 2.35. The zero-order chi connectivity index (χ0) is 23.9. The molecule has 2 amide bonds. The van der Waals surface area contributed by atoms with Crippen molar-refractivity contribution in [1.29, 1.82) is 0 Å². The Bertz CT molecular complexity index is 1310. The molecule has 2 fully saturated rings. The molecule has 3 aliphatic rings. The Balaban J connectivity index is 1.05. The lowest BCUT2D eigenvalue weighted by atomic mass is 10.1. The third-order valence-corrected chi connectivity index (χ3v) is 7.58. The Morgan fingerprint density at radius 3 is 2.91 bits per heavy atom. The number of carbonyl (C=O) groups excluding carboxylic acids is 2. The zero-order valence-electron chi connectivity index (χ0n) is 19.2. The molecule has 35 heavy (non-hydrogen) atoms. The van der Waals surface area contributed by atoms with Gasteiger partial charge in [0, 0.05) is 47.5 Å². The summed E-state index contributed by atoms with van der Waals surface area (Å²) in [4.78, 5) is 33.6. The third-order valence-electron chi connectivity index (χ3n) is 6.51. The largest absolute Gasteiger partial charge is 0.497 e. The number of rotatable bonds is 6. The Morgan fingerprint density at radius 2 is 2.06 bits per heavy atom. The van der Waals surface area contributed by atoms with Gasteiger partial charge in [0.15, 0.2) is 0 Å². The van der Waals surface area contributed by atoms with Crippen LogP contribution in [-0.4, -0.2) is 73.1 Å². The van der Waals surface area contributed by atoms with Gasteiger partial charge in [0.25, 0.3) is 0 Å². The standard InChI is InChI=1S/C25H25N5O4S/c1-33-17-3-4-20-19(9-17)21(6-7-26-20)27-15-10-29(11-15)12-18-13-30(25(32)34-18)16-2-5-23-22(8-16)28-24(31)14-35-23/h2-9,15,18H,10-14H2,1H3,(H,26,27)(H,28,31). The topological polar surface area (TPSA) is 96.0 Å². The van der Waals surface area contributed by atoms with E-state index in [4.69, 9.17) is 9.47 Å². The lowest BCUT2D eigenvalue weighted by molar-refractivity contribution is -0.113. The van der Waals surface area contributed by atoms with E-state index in [-0.39, 0.29) is 18.1 Å². The van der Waals surface area contributed by atoms with Crippen LogP contribution in [0.15, 0.2) is 53.6 Å². The summed E-state index contributed by atoms with van der Waals surface area (Å²) in [6.45, 7) is 2.90. The Kier molecular flexibility index (Phi) is 5.62. The van der Waals surface area contributed by atoms with Crippen LogP contribution in [0.4, 0.5) is 21.9 Å². The number of aromatic nitrogens is 1. The summed E-state index contributed by atoms with van der Waals surface area (Å²) < 4.78 is 11.0. The highest BCUT2D eigenvalue weighted by molar-refractivity contribution is 8.00. The van der Waals surface area contributed by atoms with Crippen LogP contribution in [0.3, 0.4) is 0 Å². The summed E-state index contributed by atoms with van der Waals surface area (Å²) in [6.07, 6.45) is 1.26. The molecule has 0 bridgehead atoms. The van der Waals surface area contributed by atoms with Gasteiger partial charge in [0.05, 0.1) is 36.7 Å². The second-order valence-electron chi connectivity index (χ2n) is 8.94. The molecular weight excluding hydrogens is 466 g/mol. The molecule has 10 heteroatoms. The first-order chi connectivity index (χ1) is 17.1. The van der Waals surface area contributed by atoms with Crippen LogP contribution >= 0.6 is 11.8 Å². The van der Waals surface area contributed by atoms with Gasteiger partial charge in [-0.3, -0.25) is 19.6 Å². The second kappa shape index (κ2) is 8.94. The SMILES string of the molecule is COc1ccc2nccc(NC3CN(CC4CN(c5ccc6c(c5)NC(=O)CS6)C(=O)O4)C3)c2c1. The summed E-state index contributed by atoms with van der Waals surface area (Å²) >= 11 is 1.50. The number of amides is 2. The highest BCUT2D eigenvalue weighted by atomic mass is 32.2. The number of cyclic esters (lactones) is 1. The molecular formula is C25H25N5O4S. The molecule has 1 unspecified atom stereocenters. The minimum Gasteiger partial charge on any atom is -0.497 e. The number of hydrogen-bond acceptors (Lipinski definition) is 8. The first kappa shape index (κ1) is 22.0. The van der Waals surface area contributed by atoms with Crippen LogP contribution in [0.1, 0.15) is 0 Å². The molecule has 0 saturated carbocycles. The molecule has 3 aromatic rings. The van der Waals surface area contributed by atoms with Crippen molar-refractivity contribution in [3.8, 4) is 5.75 Å². The van der Waals surface area contributed by atoms with Gasteiger partial charge in [-0.15, -0.1) is 11.8 Å². The molecule has 4 heterocycles. The number of hydrogen-bond donors (Lipinski definition) is 2. The fraction of sp³-hybridized carbons (Fsp3) is 0.320. The smallest absolute Gasteiger partial charge is 0.414 e. The van der Waals surface area contributed by atoms with Gasteiger partial charge >= 0.3 is 6.09 Å². The number of nitrogens with zero attached hydrogens (tertiary/aromatic N) is 3. The molecule has 3 aliphatic heterocycles. The van der Waals surface area contributed by atoms with Gasteiger partial charge in [-0.05, 0) is 42.5 Å². The number of methoxy groups -OCH3 is 1. The van der Waals surface area contributed by atoms with Crippen molar-refractivity contribution >= 4 is 51.7 Å². The first-order valence-electron chi connectivity index (χ1n) is 11.5. The number of nitrogens with one attached hydrogen (secondary N) is 2. The number of carbonyl (C=O) groups is 2. The van der Waals surface area contributed by atoms with Crippen molar-refractivity contribution in [3.63, 3.8) is 0 Å². The van der Waals surface area contributed by atoms with E-state index >= 15 is 0 Å². The zero-order valence-corrected chi connectivity index (χ0v) is 20.0. The number of likely N-dealkylation sites (tertiary alicyclic amines) is 1. The van der Waals surface area contributed by atoms with Gasteiger partial charge in [-0.2, -0.15) is 0 Å². The Morgan fingerprint density at radius 1 is 1.17 bits per heavy atom. The van der Waals surface area contributed by atoms with E-state index in [9.17, 15) is 9.59 Å². The van der Waals surface area contributed by atoms with Crippen molar-refractivity contribution in [2.45, 2.75) is 17.0 Å². The molecule has 6 rings (SSSR count). The molecule has 0 spiro atoms. The van der Waals surface area contributed by atoms with Crippen LogP contribution in [-0.2, 0) is 9.53 Å². The number of benzene rings is 2. The lowest BCUT2D eigenvalue weighted by Crippen LogP contribution is -2.56. The van der Waals surface area contributed by atoms with E-state index in [1.165, 1.54) is 11.8 Å². The van der Waals surface area contributed by atoms with E-state index in [1.54, 1.807) is 12.0 Å². The summed E-state index contributed by atoms with van der Waals surface area (Å²) in [5.74, 6) is 1.19.